The highest BCUT2D eigenvalue weighted by molar-refractivity contribution is 5.90. The number of aromatic amines is 1. The molecule has 2 rings (SSSR count). The molecule has 6 nitrogen and oxygen atoms in total. The molecule has 0 radical (unpaired) electrons. The third kappa shape index (κ3) is 2.85. The summed E-state index contributed by atoms with van der Waals surface area (Å²) in [5.41, 5.74) is 0.954. The summed E-state index contributed by atoms with van der Waals surface area (Å²) in [4.78, 5) is 15.7. The number of aromatic nitrogens is 3. The van der Waals surface area contributed by atoms with Crippen molar-refractivity contribution in [2.75, 3.05) is 7.11 Å². The Hall–Kier alpha value is -2.37. The number of amides is 1. The van der Waals surface area contributed by atoms with Crippen molar-refractivity contribution in [3.8, 4) is 5.75 Å². The smallest absolute Gasteiger partial charge is 0.291 e. The summed E-state index contributed by atoms with van der Waals surface area (Å²) < 4.78 is 5.11. The average Bonchev–Trinajstić information content (AvgIpc) is 2.83. The number of benzene rings is 1. The van der Waals surface area contributed by atoms with Crippen molar-refractivity contribution in [1.82, 2.24) is 20.5 Å². The van der Waals surface area contributed by atoms with Gasteiger partial charge in [-0.3, -0.25) is 9.89 Å². The van der Waals surface area contributed by atoms with Crippen LogP contribution in [0.1, 0.15) is 22.0 Å². The second-order valence-corrected chi connectivity index (χ2v) is 3.78. The molecule has 94 valence electrons. The molecule has 0 saturated heterocycles. The van der Waals surface area contributed by atoms with E-state index in [1.807, 2.05) is 24.3 Å². The largest absolute Gasteiger partial charge is 0.497 e. The quantitative estimate of drug-likeness (QED) is 0.845. The predicted octanol–water partition coefficient (Wildman–Crippen LogP) is 1.05. The van der Waals surface area contributed by atoms with Crippen molar-refractivity contribution in [3.05, 3.63) is 41.5 Å². The fourth-order valence-corrected chi connectivity index (χ4v) is 1.49. The van der Waals surface area contributed by atoms with Crippen LogP contribution in [0.4, 0.5) is 0 Å². The van der Waals surface area contributed by atoms with Gasteiger partial charge in [0.15, 0.2) is 0 Å². The molecule has 1 aromatic heterocycles. The van der Waals surface area contributed by atoms with E-state index < -0.39 is 0 Å². The number of nitrogens with zero attached hydrogens (tertiary/aromatic N) is 2. The molecule has 0 aliphatic carbocycles. The Labute approximate surface area is 104 Å². The van der Waals surface area contributed by atoms with Crippen LogP contribution >= 0.6 is 0 Å². The lowest BCUT2D eigenvalue weighted by Gasteiger charge is -2.05. The topological polar surface area (TPSA) is 79.9 Å². The van der Waals surface area contributed by atoms with Gasteiger partial charge in [-0.05, 0) is 24.6 Å². The van der Waals surface area contributed by atoms with Crippen LogP contribution in [0.3, 0.4) is 0 Å². The number of carbonyl (C=O) groups excluding carboxylic acids is 1. The van der Waals surface area contributed by atoms with Crippen LogP contribution in [0.15, 0.2) is 24.3 Å². The number of ether oxygens (including phenoxy) is 1. The van der Waals surface area contributed by atoms with Crippen molar-refractivity contribution in [3.63, 3.8) is 0 Å². The Kier molecular flexibility index (Phi) is 3.57. The van der Waals surface area contributed by atoms with Gasteiger partial charge in [0.2, 0.25) is 5.82 Å². The van der Waals surface area contributed by atoms with Gasteiger partial charge >= 0.3 is 0 Å². The van der Waals surface area contributed by atoms with E-state index in [2.05, 4.69) is 20.5 Å². The molecule has 0 fully saturated rings. The number of hydrogen-bond acceptors (Lipinski definition) is 4. The Morgan fingerprint density at radius 3 is 3.00 bits per heavy atom. The minimum Gasteiger partial charge on any atom is -0.497 e. The monoisotopic (exact) mass is 246 g/mol. The summed E-state index contributed by atoms with van der Waals surface area (Å²) in [7, 11) is 1.61. The molecule has 2 N–H and O–H groups in total. The zero-order valence-corrected chi connectivity index (χ0v) is 10.2. The minimum atomic E-state index is -0.304. The highest BCUT2D eigenvalue weighted by Gasteiger charge is 2.10. The Morgan fingerprint density at radius 1 is 1.50 bits per heavy atom. The summed E-state index contributed by atoms with van der Waals surface area (Å²) in [6.07, 6.45) is 0. The second-order valence-electron chi connectivity index (χ2n) is 3.78. The number of aryl methyl sites for hydroxylation is 1. The average molecular weight is 246 g/mol. The summed E-state index contributed by atoms with van der Waals surface area (Å²) in [6, 6.07) is 7.50. The Bertz CT molecular complexity index is 551. The van der Waals surface area contributed by atoms with Crippen molar-refractivity contribution in [2.45, 2.75) is 13.5 Å². The molecule has 6 heteroatoms. The summed E-state index contributed by atoms with van der Waals surface area (Å²) in [6.45, 7) is 2.15. The van der Waals surface area contributed by atoms with Crippen LogP contribution in [0.2, 0.25) is 0 Å². The lowest BCUT2D eigenvalue weighted by atomic mass is 10.2. The molecular weight excluding hydrogens is 232 g/mol. The van der Waals surface area contributed by atoms with Crippen LogP contribution in [-0.4, -0.2) is 28.2 Å². The molecule has 0 spiro atoms. The first-order valence-corrected chi connectivity index (χ1v) is 5.49. The van der Waals surface area contributed by atoms with Crippen LogP contribution in [-0.2, 0) is 6.54 Å². The molecule has 0 aliphatic heterocycles. The third-order valence-electron chi connectivity index (χ3n) is 2.39. The van der Waals surface area contributed by atoms with E-state index in [-0.39, 0.29) is 11.7 Å². The van der Waals surface area contributed by atoms with Gasteiger partial charge in [0.05, 0.1) is 7.11 Å². The summed E-state index contributed by atoms with van der Waals surface area (Å²) in [5.74, 6) is 1.22. The minimum absolute atomic E-state index is 0.149. The van der Waals surface area contributed by atoms with E-state index in [9.17, 15) is 4.79 Å². The number of rotatable bonds is 4. The van der Waals surface area contributed by atoms with Gasteiger partial charge in [-0.2, -0.15) is 0 Å². The maximum absolute atomic E-state index is 11.7. The molecule has 0 unspecified atom stereocenters. The van der Waals surface area contributed by atoms with E-state index >= 15 is 0 Å². The third-order valence-corrected chi connectivity index (χ3v) is 2.39. The molecule has 0 bridgehead atoms. The molecule has 18 heavy (non-hydrogen) atoms. The number of methoxy groups -OCH3 is 1. The van der Waals surface area contributed by atoms with E-state index in [1.54, 1.807) is 14.0 Å². The summed E-state index contributed by atoms with van der Waals surface area (Å²) in [5, 5.41) is 9.15. The standard InChI is InChI=1S/C12H14N4O2/c1-8-14-11(16-15-8)12(17)13-7-9-4-3-5-10(6-9)18-2/h3-6H,7H2,1-2H3,(H,13,17)(H,14,15,16). The van der Waals surface area contributed by atoms with Crippen LogP contribution < -0.4 is 10.1 Å². The van der Waals surface area contributed by atoms with Crippen molar-refractivity contribution in [2.24, 2.45) is 0 Å². The first-order chi connectivity index (χ1) is 8.69. The fraction of sp³-hybridized carbons (Fsp3) is 0.250. The van der Waals surface area contributed by atoms with Crippen molar-refractivity contribution in [1.29, 1.82) is 0 Å². The normalized spacial score (nSPS) is 10.1. The second kappa shape index (κ2) is 5.31. The van der Waals surface area contributed by atoms with E-state index in [4.69, 9.17) is 4.74 Å². The zero-order valence-electron chi connectivity index (χ0n) is 10.2. The maximum Gasteiger partial charge on any atom is 0.291 e. The fourth-order valence-electron chi connectivity index (χ4n) is 1.49. The molecule has 0 atom stereocenters. The van der Waals surface area contributed by atoms with E-state index in [0.717, 1.165) is 11.3 Å². The summed E-state index contributed by atoms with van der Waals surface area (Å²) >= 11 is 0. The van der Waals surface area contributed by atoms with Gasteiger partial charge < -0.3 is 10.1 Å². The van der Waals surface area contributed by atoms with Gasteiger partial charge in [0.25, 0.3) is 5.91 Å². The Morgan fingerprint density at radius 2 is 2.33 bits per heavy atom. The molecule has 0 aliphatic rings. The first kappa shape index (κ1) is 12.1. The predicted molar refractivity (Wildman–Crippen MR) is 65.3 cm³/mol. The van der Waals surface area contributed by atoms with Crippen molar-refractivity contribution >= 4 is 5.91 Å². The lowest BCUT2D eigenvalue weighted by molar-refractivity contribution is 0.0941. The van der Waals surface area contributed by atoms with Gasteiger partial charge in [-0.25, -0.2) is 4.98 Å². The first-order valence-electron chi connectivity index (χ1n) is 5.49. The van der Waals surface area contributed by atoms with Gasteiger partial charge in [-0.1, -0.05) is 12.1 Å². The van der Waals surface area contributed by atoms with Crippen molar-refractivity contribution < 1.29 is 9.53 Å². The van der Waals surface area contributed by atoms with Gasteiger partial charge in [0, 0.05) is 6.54 Å². The highest BCUT2D eigenvalue weighted by atomic mass is 16.5. The molecule has 1 aromatic carbocycles. The number of carbonyl (C=O) groups is 1. The number of H-pyrrole nitrogens is 1. The van der Waals surface area contributed by atoms with Gasteiger partial charge in [-0.15, -0.1) is 5.10 Å². The van der Waals surface area contributed by atoms with Crippen LogP contribution in [0.25, 0.3) is 0 Å². The zero-order chi connectivity index (χ0) is 13.0. The number of hydrogen-bond donors (Lipinski definition) is 2. The van der Waals surface area contributed by atoms with Crippen LogP contribution in [0.5, 0.6) is 5.75 Å². The van der Waals surface area contributed by atoms with Crippen LogP contribution in [0, 0.1) is 6.92 Å². The maximum atomic E-state index is 11.7. The number of nitrogens with one attached hydrogen (secondary N) is 2. The molecule has 0 saturated carbocycles. The molecule has 1 amide bonds. The molecule has 2 aromatic rings. The highest BCUT2D eigenvalue weighted by Crippen LogP contribution is 2.12. The Balaban J connectivity index is 1.97. The molecule has 1 heterocycles. The van der Waals surface area contributed by atoms with E-state index in [1.165, 1.54) is 0 Å². The lowest BCUT2D eigenvalue weighted by Crippen LogP contribution is -2.24. The molecular formula is C12H14N4O2. The van der Waals surface area contributed by atoms with Gasteiger partial charge in [0.1, 0.15) is 11.6 Å². The SMILES string of the molecule is COc1cccc(CNC(=O)c2n[nH]c(C)n2)c1. The van der Waals surface area contributed by atoms with E-state index in [0.29, 0.717) is 12.4 Å².